The number of esters is 1. The lowest BCUT2D eigenvalue weighted by Crippen LogP contribution is -2.04. The Morgan fingerprint density at radius 1 is 0.864 bits per heavy atom. The summed E-state index contributed by atoms with van der Waals surface area (Å²) >= 11 is 3.41. The number of carbonyl (C=O) groups excluding carboxylic acids is 1. The number of unbranched alkanes of at least 4 members (excludes halogenated alkanes) is 7. The molecule has 0 rings (SSSR count). The fraction of sp³-hybridized carbons (Fsp3) is 0.842. The molecular formula is C19H35BrO2. The molecule has 3 heteroatoms. The fourth-order valence-corrected chi connectivity index (χ4v) is 2.87. The fourth-order valence-electron chi connectivity index (χ4n) is 2.48. The molecule has 0 aromatic rings. The molecule has 130 valence electrons. The number of allylic oxidation sites excluding steroid dienone is 1. The standard InChI is InChI=1S/C19H35BrO2/c1-3-5-6-7-8-10-14-18(13-4-2)17-19(21)22-16-12-9-11-15-20/h17H,3-16H2,1-2H3/b18-17+. The molecular weight excluding hydrogens is 340 g/mol. The maximum atomic E-state index is 11.8. The summed E-state index contributed by atoms with van der Waals surface area (Å²) in [5.41, 5.74) is 1.27. The molecule has 0 saturated carbocycles. The van der Waals surface area contributed by atoms with Crippen LogP contribution in [0.25, 0.3) is 0 Å². The van der Waals surface area contributed by atoms with E-state index < -0.39 is 0 Å². The van der Waals surface area contributed by atoms with Gasteiger partial charge in [0.1, 0.15) is 0 Å². The Morgan fingerprint density at radius 3 is 2.23 bits per heavy atom. The number of carbonyl (C=O) groups is 1. The van der Waals surface area contributed by atoms with Crippen LogP contribution < -0.4 is 0 Å². The molecule has 0 aliphatic rings. The summed E-state index contributed by atoms with van der Waals surface area (Å²) in [5.74, 6) is -0.145. The SMILES string of the molecule is CCCCCCCC/C(=C/C(=O)OCCCCCBr)CCC. The van der Waals surface area contributed by atoms with Gasteiger partial charge in [0.15, 0.2) is 0 Å². The van der Waals surface area contributed by atoms with Crippen molar-refractivity contribution in [1.29, 1.82) is 0 Å². The minimum atomic E-state index is -0.145. The van der Waals surface area contributed by atoms with E-state index in [4.69, 9.17) is 4.74 Å². The van der Waals surface area contributed by atoms with Gasteiger partial charge in [-0.15, -0.1) is 0 Å². The van der Waals surface area contributed by atoms with E-state index in [1.54, 1.807) is 6.08 Å². The second-order valence-electron chi connectivity index (χ2n) is 5.99. The zero-order chi connectivity index (χ0) is 16.5. The van der Waals surface area contributed by atoms with E-state index in [2.05, 4.69) is 29.8 Å². The van der Waals surface area contributed by atoms with Crippen LogP contribution in [-0.4, -0.2) is 17.9 Å². The lowest BCUT2D eigenvalue weighted by Gasteiger charge is -2.07. The maximum absolute atomic E-state index is 11.8. The summed E-state index contributed by atoms with van der Waals surface area (Å²) in [6.45, 7) is 4.97. The van der Waals surface area contributed by atoms with Crippen molar-refractivity contribution in [3.63, 3.8) is 0 Å². The maximum Gasteiger partial charge on any atom is 0.330 e. The average molecular weight is 375 g/mol. The molecule has 0 aromatic heterocycles. The van der Waals surface area contributed by atoms with E-state index in [0.29, 0.717) is 6.61 Å². The van der Waals surface area contributed by atoms with Crippen LogP contribution in [0.15, 0.2) is 11.6 Å². The van der Waals surface area contributed by atoms with Crippen molar-refractivity contribution in [2.24, 2.45) is 0 Å². The molecule has 0 atom stereocenters. The zero-order valence-corrected chi connectivity index (χ0v) is 16.3. The third-order valence-corrected chi connectivity index (χ3v) is 4.33. The second-order valence-corrected chi connectivity index (χ2v) is 6.78. The largest absolute Gasteiger partial charge is 0.463 e. The van der Waals surface area contributed by atoms with Crippen LogP contribution in [0.5, 0.6) is 0 Å². The molecule has 0 fully saturated rings. The molecule has 0 unspecified atom stereocenters. The molecule has 0 bridgehead atoms. The summed E-state index contributed by atoms with van der Waals surface area (Å²) in [5, 5.41) is 1.03. The predicted octanol–water partition coefficient (Wildman–Crippen LogP) is 6.57. The van der Waals surface area contributed by atoms with E-state index in [1.807, 2.05) is 0 Å². The third kappa shape index (κ3) is 14.6. The van der Waals surface area contributed by atoms with E-state index in [-0.39, 0.29) is 5.97 Å². The van der Waals surface area contributed by atoms with Gasteiger partial charge in [0.05, 0.1) is 6.61 Å². The minimum absolute atomic E-state index is 0.145. The third-order valence-electron chi connectivity index (χ3n) is 3.77. The van der Waals surface area contributed by atoms with Crippen molar-refractivity contribution in [2.75, 3.05) is 11.9 Å². The molecule has 0 N–H and O–H groups in total. The van der Waals surface area contributed by atoms with Gasteiger partial charge in [-0.3, -0.25) is 0 Å². The van der Waals surface area contributed by atoms with Crippen molar-refractivity contribution in [1.82, 2.24) is 0 Å². The van der Waals surface area contributed by atoms with Crippen LogP contribution in [0.4, 0.5) is 0 Å². The lowest BCUT2D eigenvalue weighted by molar-refractivity contribution is -0.137. The molecule has 22 heavy (non-hydrogen) atoms. The molecule has 0 radical (unpaired) electrons. The Kier molecular flexibility index (Phi) is 16.8. The zero-order valence-electron chi connectivity index (χ0n) is 14.7. The van der Waals surface area contributed by atoms with Crippen molar-refractivity contribution < 1.29 is 9.53 Å². The lowest BCUT2D eigenvalue weighted by atomic mass is 10.0. The molecule has 0 saturated heterocycles. The molecule has 0 amide bonds. The highest BCUT2D eigenvalue weighted by Gasteiger charge is 2.03. The summed E-state index contributed by atoms with van der Waals surface area (Å²) in [7, 11) is 0. The first kappa shape index (κ1) is 21.7. The number of rotatable bonds is 15. The monoisotopic (exact) mass is 374 g/mol. The van der Waals surface area contributed by atoms with Crippen LogP contribution in [-0.2, 0) is 9.53 Å². The van der Waals surface area contributed by atoms with E-state index in [1.165, 1.54) is 44.1 Å². The Morgan fingerprint density at radius 2 is 1.55 bits per heavy atom. The molecule has 2 nitrogen and oxygen atoms in total. The van der Waals surface area contributed by atoms with Crippen LogP contribution in [0.2, 0.25) is 0 Å². The number of ether oxygens (including phenoxy) is 1. The minimum Gasteiger partial charge on any atom is -0.463 e. The molecule has 0 aromatic carbocycles. The number of halogens is 1. The van der Waals surface area contributed by atoms with Crippen LogP contribution >= 0.6 is 15.9 Å². The van der Waals surface area contributed by atoms with Gasteiger partial charge >= 0.3 is 5.97 Å². The highest BCUT2D eigenvalue weighted by atomic mass is 79.9. The van der Waals surface area contributed by atoms with Crippen LogP contribution in [0.1, 0.15) is 90.9 Å². The summed E-state index contributed by atoms with van der Waals surface area (Å²) in [6.07, 6.45) is 15.9. The van der Waals surface area contributed by atoms with Gasteiger partial charge < -0.3 is 4.74 Å². The first-order valence-corrected chi connectivity index (χ1v) is 10.3. The molecule has 0 aliphatic carbocycles. The van der Waals surface area contributed by atoms with Crippen molar-refractivity contribution in [2.45, 2.75) is 90.9 Å². The average Bonchev–Trinajstić information content (AvgIpc) is 2.50. The summed E-state index contributed by atoms with van der Waals surface area (Å²) in [6, 6.07) is 0. The van der Waals surface area contributed by atoms with E-state index >= 15 is 0 Å². The molecule has 0 spiro atoms. The smallest absolute Gasteiger partial charge is 0.330 e. The highest BCUT2D eigenvalue weighted by Crippen LogP contribution is 2.16. The quantitative estimate of drug-likeness (QED) is 0.140. The highest BCUT2D eigenvalue weighted by molar-refractivity contribution is 9.09. The molecule has 0 aliphatic heterocycles. The van der Waals surface area contributed by atoms with Crippen molar-refractivity contribution >= 4 is 21.9 Å². The predicted molar refractivity (Wildman–Crippen MR) is 99.6 cm³/mol. The first-order valence-electron chi connectivity index (χ1n) is 9.16. The Labute approximate surface area is 146 Å². The Bertz CT molecular complexity index is 287. The van der Waals surface area contributed by atoms with Gasteiger partial charge in [-0.2, -0.15) is 0 Å². The number of hydrogen-bond donors (Lipinski definition) is 0. The van der Waals surface area contributed by atoms with Crippen molar-refractivity contribution in [3.05, 3.63) is 11.6 Å². The first-order chi connectivity index (χ1) is 10.7. The second kappa shape index (κ2) is 17.1. The molecule has 0 heterocycles. The van der Waals surface area contributed by atoms with Gasteiger partial charge in [0, 0.05) is 11.4 Å². The summed E-state index contributed by atoms with van der Waals surface area (Å²) < 4.78 is 5.29. The topological polar surface area (TPSA) is 26.3 Å². The summed E-state index contributed by atoms with van der Waals surface area (Å²) in [4.78, 5) is 11.8. The van der Waals surface area contributed by atoms with Gasteiger partial charge in [0.25, 0.3) is 0 Å². The van der Waals surface area contributed by atoms with Gasteiger partial charge in [-0.25, -0.2) is 4.79 Å². The van der Waals surface area contributed by atoms with Crippen LogP contribution in [0, 0.1) is 0 Å². The Balaban J connectivity index is 3.89. The van der Waals surface area contributed by atoms with Gasteiger partial charge in [-0.1, -0.05) is 73.9 Å². The normalized spacial score (nSPS) is 11.7. The Hall–Kier alpha value is -0.310. The van der Waals surface area contributed by atoms with Crippen molar-refractivity contribution in [3.8, 4) is 0 Å². The van der Waals surface area contributed by atoms with Gasteiger partial charge in [0.2, 0.25) is 0 Å². The van der Waals surface area contributed by atoms with Crippen LogP contribution in [0.3, 0.4) is 0 Å². The number of hydrogen-bond acceptors (Lipinski definition) is 2. The van der Waals surface area contributed by atoms with E-state index in [0.717, 1.165) is 43.9 Å². The van der Waals surface area contributed by atoms with Gasteiger partial charge in [-0.05, 0) is 38.5 Å². The number of alkyl halides is 1. The van der Waals surface area contributed by atoms with E-state index in [9.17, 15) is 4.79 Å².